The van der Waals surface area contributed by atoms with Crippen LogP contribution in [0.2, 0.25) is 5.02 Å². The molecule has 8 rings (SSSR count). The van der Waals surface area contributed by atoms with E-state index < -0.39 is 5.82 Å². The van der Waals surface area contributed by atoms with Crippen molar-refractivity contribution in [1.29, 1.82) is 0 Å². The van der Waals surface area contributed by atoms with Gasteiger partial charge in [0.05, 0.1) is 10.9 Å². The minimum atomic E-state index is -0.565. The number of pyridine rings is 1. The Labute approximate surface area is 288 Å². The first-order valence-electron chi connectivity index (χ1n) is 16.8. The van der Waals surface area contributed by atoms with Gasteiger partial charge in [0.1, 0.15) is 30.0 Å². The van der Waals surface area contributed by atoms with E-state index in [2.05, 4.69) is 25.0 Å². The van der Waals surface area contributed by atoms with Crippen molar-refractivity contribution < 1.29 is 13.9 Å². The fourth-order valence-electron chi connectivity index (χ4n) is 7.81. The zero-order valence-corrected chi connectivity index (χ0v) is 28.3. The molecule has 252 valence electrons. The number of fused-ring (bicyclic) bond motifs is 3. The van der Waals surface area contributed by atoms with Crippen LogP contribution in [0.15, 0.2) is 55.0 Å². The Morgan fingerprint density at radius 1 is 1.12 bits per heavy atom. The average molecular weight is 682 g/mol. The number of aryl methyl sites for hydroxylation is 1. The fourth-order valence-corrected chi connectivity index (χ4v) is 8.09. The van der Waals surface area contributed by atoms with Gasteiger partial charge in [0.2, 0.25) is 5.91 Å². The molecule has 3 aliphatic rings. The van der Waals surface area contributed by atoms with Gasteiger partial charge in [-0.25, -0.2) is 9.37 Å². The van der Waals surface area contributed by atoms with Gasteiger partial charge >= 0.3 is 6.01 Å². The normalized spacial score (nSPS) is 19.0. The predicted molar refractivity (Wildman–Crippen MR) is 187 cm³/mol. The van der Waals surface area contributed by atoms with Crippen LogP contribution in [0.1, 0.15) is 37.9 Å². The van der Waals surface area contributed by atoms with Gasteiger partial charge in [0, 0.05) is 61.5 Å². The molecule has 1 amide bonds. The Hall–Kier alpha value is -4.68. The topological polar surface area (TPSA) is 105 Å². The molecule has 5 aromatic rings. The minimum Gasteiger partial charge on any atom is -0.461 e. The lowest BCUT2D eigenvalue weighted by Crippen LogP contribution is -2.43. The number of ether oxygens (including phenoxy) is 1. The number of likely N-dealkylation sites (N-methyl/N-ethyl adjacent to an activating group) is 1. The number of benzene rings is 2. The summed E-state index contributed by atoms with van der Waals surface area (Å²) in [6, 6.07) is 11.3. The van der Waals surface area contributed by atoms with Crippen LogP contribution in [0.3, 0.4) is 0 Å². The highest BCUT2D eigenvalue weighted by Gasteiger charge is 2.45. The van der Waals surface area contributed by atoms with Gasteiger partial charge in [-0.05, 0) is 62.7 Å². The summed E-state index contributed by atoms with van der Waals surface area (Å²) >= 11 is 6.63. The molecule has 0 unspecified atom stereocenters. The summed E-state index contributed by atoms with van der Waals surface area (Å²) in [5.41, 5.74) is 0.845. The lowest BCUT2D eigenvalue weighted by atomic mass is 9.95. The molecule has 3 saturated heterocycles. The highest BCUT2D eigenvalue weighted by atomic mass is 35.5. The molecule has 0 N–H and O–H groups in total. The van der Waals surface area contributed by atoms with E-state index in [4.69, 9.17) is 21.3 Å². The van der Waals surface area contributed by atoms with Crippen molar-refractivity contribution in [2.75, 3.05) is 44.7 Å². The van der Waals surface area contributed by atoms with E-state index >= 15 is 4.39 Å². The van der Waals surface area contributed by atoms with Gasteiger partial charge < -0.3 is 14.5 Å². The number of carbonyl (C=O) groups is 1. The summed E-state index contributed by atoms with van der Waals surface area (Å²) in [6.07, 6.45) is 11.4. The summed E-state index contributed by atoms with van der Waals surface area (Å²) in [7, 11) is 3.70. The van der Waals surface area contributed by atoms with Crippen LogP contribution in [0.4, 0.5) is 10.2 Å². The molecule has 0 bridgehead atoms. The van der Waals surface area contributed by atoms with Crippen LogP contribution < -0.4 is 9.64 Å². The van der Waals surface area contributed by atoms with Crippen LogP contribution in [0.5, 0.6) is 6.01 Å². The average Bonchev–Trinajstić information content (AvgIpc) is 3.91. The second-order valence-corrected chi connectivity index (χ2v) is 13.7. The third kappa shape index (κ3) is 5.76. The highest BCUT2D eigenvalue weighted by Crippen LogP contribution is 2.40. The van der Waals surface area contributed by atoms with Gasteiger partial charge in [-0.3, -0.25) is 19.4 Å². The number of hydrogen-bond donors (Lipinski definition) is 0. The summed E-state index contributed by atoms with van der Waals surface area (Å²) < 4.78 is 24.8. The molecule has 3 fully saturated rings. The zero-order chi connectivity index (χ0) is 33.7. The Kier molecular flexibility index (Phi) is 8.15. The SMILES string of the molecule is CN(c1nc(OCC23CCCN2CCC3)nc2c(F)c(-c3cccc4cccc(Cl)c34)ncc12)[C@@H]1CCN(C(=O)/C=C/c2ncn(C)n2)C1. The monoisotopic (exact) mass is 681 g/mol. The third-order valence-corrected chi connectivity index (χ3v) is 10.7. The Morgan fingerprint density at radius 2 is 1.92 bits per heavy atom. The van der Waals surface area contributed by atoms with E-state index in [-0.39, 0.29) is 34.7 Å². The van der Waals surface area contributed by atoms with Gasteiger partial charge in [0.25, 0.3) is 0 Å². The van der Waals surface area contributed by atoms with Gasteiger partial charge in [0.15, 0.2) is 11.6 Å². The molecular weight excluding hydrogens is 645 g/mol. The predicted octanol–water partition coefficient (Wildman–Crippen LogP) is 5.52. The van der Waals surface area contributed by atoms with Crippen LogP contribution in [0.25, 0.3) is 39.0 Å². The first kappa shape index (κ1) is 31.6. The Balaban J connectivity index is 1.14. The van der Waals surface area contributed by atoms with E-state index in [0.29, 0.717) is 53.7 Å². The van der Waals surface area contributed by atoms with Crippen molar-refractivity contribution in [3.8, 4) is 17.3 Å². The van der Waals surface area contributed by atoms with E-state index in [1.807, 2.05) is 42.3 Å². The van der Waals surface area contributed by atoms with Crippen molar-refractivity contribution in [1.82, 2.24) is 39.5 Å². The molecule has 0 radical (unpaired) electrons. The van der Waals surface area contributed by atoms with Crippen molar-refractivity contribution in [3.05, 3.63) is 71.7 Å². The van der Waals surface area contributed by atoms with Crippen molar-refractivity contribution in [2.24, 2.45) is 7.05 Å². The standard InChI is InChI=1S/C36H37ClFN9O2/c1-44-22-40-28(43-44)11-12-29(48)46-18-13-24(20-46)45(2)34-26-19-39-32(25-9-3-7-23-8-4-10-27(37)30(23)25)31(38)33(26)41-35(42-34)49-21-36-14-5-16-47(36)17-6-15-36/h3-4,7-12,19,22,24H,5-6,13-18,20-21H2,1-2H3/b12-11+/t24-/m1/s1. The second-order valence-electron chi connectivity index (χ2n) is 13.3. The van der Waals surface area contributed by atoms with E-state index in [1.54, 1.807) is 41.3 Å². The molecule has 1 atom stereocenters. The third-order valence-electron chi connectivity index (χ3n) is 10.4. The van der Waals surface area contributed by atoms with Crippen molar-refractivity contribution >= 4 is 51.1 Å². The van der Waals surface area contributed by atoms with Crippen LogP contribution >= 0.6 is 11.6 Å². The van der Waals surface area contributed by atoms with Crippen LogP contribution in [-0.2, 0) is 11.8 Å². The summed E-state index contributed by atoms with van der Waals surface area (Å²) in [4.78, 5) is 37.7. The smallest absolute Gasteiger partial charge is 0.319 e. The van der Waals surface area contributed by atoms with E-state index in [9.17, 15) is 4.79 Å². The first-order valence-corrected chi connectivity index (χ1v) is 17.1. The van der Waals surface area contributed by atoms with Crippen LogP contribution in [0, 0.1) is 5.82 Å². The minimum absolute atomic E-state index is 0.0311. The maximum Gasteiger partial charge on any atom is 0.319 e. The lowest BCUT2D eigenvalue weighted by molar-refractivity contribution is -0.124. The van der Waals surface area contributed by atoms with Crippen molar-refractivity contribution in [2.45, 2.75) is 43.7 Å². The molecule has 3 aromatic heterocycles. The summed E-state index contributed by atoms with van der Waals surface area (Å²) in [6.45, 7) is 3.62. The number of carbonyl (C=O) groups excluding carboxylic acids is 1. The molecule has 0 saturated carbocycles. The molecule has 0 aliphatic carbocycles. The number of nitrogens with zero attached hydrogens (tertiary/aromatic N) is 9. The number of hydrogen-bond acceptors (Lipinski definition) is 9. The molecule has 13 heteroatoms. The molecule has 3 aliphatic heterocycles. The van der Waals surface area contributed by atoms with Gasteiger partial charge in [-0.2, -0.15) is 15.1 Å². The highest BCUT2D eigenvalue weighted by molar-refractivity contribution is 6.36. The number of rotatable bonds is 8. The molecule has 2 aromatic carbocycles. The largest absolute Gasteiger partial charge is 0.461 e. The molecular formula is C36H37ClFN9O2. The van der Waals surface area contributed by atoms with Crippen LogP contribution in [-0.4, -0.2) is 96.8 Å². The molecule has 6 heterocycles. The maximum absolute atomic E-state index is 16.8. The second kappa shape index (κ2) is 12.6. The first-order chi connectivity index (χ1) is 23.8. The fraction of sp³-hybridized carbons (Fsp3) is 0.389. The molecule has 11 nitrogen and oxygen atoms in total. The van der Waals surface area contributed by atoms with Gasteiger partial charge in [-0.1, -0.05) is 41.9 Å². The molecule has 0 spiro atoms. The number of halogens is 2. The van der Waals surface area contributed by atoms with E-state index in [0.717, 1.165) is 49.5 Å². The maximum atomic E-state index is 16.8. The number of likely N-dealkylation sites (tertiary alicyclic amines) is 1. The van der Waals surface area contributed by atoms with Crippen molar-refractivity contribution in [3.63, 3.8) is 0 Å². The number of aromatic nitrogens is 6. The number of amides is 1. The molecule has 49 heavy (non-hydrogen) atoms. The summed E-state index contributed by atoms with van der Waals surface area (Å²) in [5.74, 6) is 0.294. The number of anilines is 1. The lowest BCUT2D eigenvalue weighted by Gasteiger charge is -2.31. The Bertz CT molecular complexity index is 2090. The zero-order valence-electron chi connectivity index (χ0n) is 27.5. The van der Waals surface area contributed by atoms with E-state index in [1.165, 1.54) is 6.08 Å². The quantitative estimate of drug-likeness (QED) is 0.196. The summed E-state index contributed by atoms with van der Waals surface area (Å²) in [5, 5.41) is 6.81. The Morgan fingerprint density at radius 3 is 2.69 bits per heavy atom. The van der Waals surface area contributed by atoms with Gasteiger partial charge in [-0.15, -0.1) is 0 Å².